The predicted molar refractivity (Wildman–Crippen MR) is 118 cm³/mol. The minimum Gasteiger partial charge on any atom is -0.444 e. The van der Waals surface area contributed by atoms with Gasteiger partial charge in [0.2, 0.25) is 11.8 Å². The number of amides is 3. The molecule has 170 valence electrons. The van der Waals surface area contributed by atoms with Crippen molar-refractivity contribution in [1.29, 1.82) is 5.26 Å². The van der Waals surface area contributed by atoms with Gasteiger partial charge in [0.05, 0.1) is 6.07 Å². The zero-order valence-electron chi connectivity index (χ0n) is 19.5. The molecule has 3 amide bonds. The molecular weight excluding hydrogens is 396 g/mol. The fourth-order valence-corrected chi connectivity index (χ4v) is 2.94. The van der Waals surface area contributed by atoms with Gasteiger partial charge >= 0.3 is 6.09 Å². The van der Waals surface area contributed by atoms with Gasteiger partial charge in [0.1, 0.15) is 24.2 Å². The Hall–Kier alpha value is -3.08. The van der Waals surface area contributed by atoms with Crippen LogP contribution in [-0.2, 0) is 20.7 Å². The van der Waals surface area contributed by atoms with Crippen molar-refractivity contribution in [3.8, 4) is 6.07 Å². The molecular formula is C23H34N4O4. The summed E-state index contributed by atoms with van der Waals surface area (Å²) in [6.45, 7) is 12.0. The van der Waals surface area contributed by atoms with Gasteiger partial charge in [0.15, 0.2) is 0 Å². The first-order valence-electron chi connectivity index (χ1n) is 10.5. The molecule has 0 saturated heterocycles. The first-order chi connectivity index (χ1) is 14.4. The monoisotopic (exact) mass is 430 g/mol. The van der Waals surface area contributed by atoms with E-state index in [9.17, 15) is 19.6 Å². The Morgan fingerprint density at radius 1 is 1.10 bits per heavy atom. The molecule has 0 aliphatic heterocycles. The third-order valence-electron chi connectivity index (χ3n) is 4.32. The second-order valence-electron chi connectivity index (χ2n) is 8.65. The molecule has 0 bridgehead atoms. The van der Waals surface area contributed by atoms with Gasteiger partial charge in [-0.1, -0.05) is 31.2 Å². The molecule has 0 aliphatic rings. The summed E-state index contributed by atoms with van der Waals surface area (Å²) >= 11 is 0. The Morgan fingerprint density at radius 3 is 2.13 bits per heavy atom. The van der Waals surface area contributed by atoms with Crippen LogP contribution in [-0.4, -0.2) is 47.0 Å². The average Bonchev–Trinajstić information content (AvgIpc) is 2.65. The Bertz CT molecular complexity index is 806. The fourth-order valence-electron chi connectivity index (χ4n) is 2.94. The summed E-state index contributed by atoms with van der Waals surface area (Å²) < 4.78 is 5.20. The topological polar surface area (TPSA) is 112 Å². The van der Waals surface area contributed by atoms with Gasteiger partial charge in [0.25, 0.3) is 0 Å². The summed E-state index contributed by atoms with van der Waals surface area (Å²) in [4.78, 5) is 39.5. The van der Waals surface area contributed by atoms with E-state index < -0.39 is 35.6 Å². The van der Waals surface area contributed by atoms with Crippen molar-refractivity contribution >= 4 is 17.9 Å². The van der Waals surface area contributed by atoms with Gasteiger partial charge in [-0.15, -0.1) is 0 Å². The Kier molecular flexibility index (Phi) is 9.50. The van der Waals surface area contributed by atoms with Crippen molar-refractivity contribution in [1.82, 2.24) is 15.5 Å². The second-order valence-corrected chi connectivity index (χ2v) is 8.65. The van der Waals surface area contributed by atoms with E-state index in [1.807, 2.05) is 39.0 Å². The molecule has 0 aromatic heterocycles. The molecule has 1 rings (SSSR count). The third kappa shape index (κ3) is 8.28. The van der Waals surface area contributed by atoms with Crippen LogP contribution in [0.1, 0.15) is 65.6 Å². The molecule has 1 aromatic carbocycles. The predicted octanol–water partition coefficient (Wildman–Crippen LogP) is 3.08. The van der Waals surface area contributed by atoms with Crippen molar-refractivity contribution < 1.29 is 19.1 Å². The highest BCUT2D eigenvalue weighted by Gasteiger charge is 2.34. The molecule has 0 saturated carbocycles. The van der Waals surface area contributed by atoms with Gasteiger partial charge in [-0.25, -0.2) is 4.79 Å². The van der Waals surface area contributed by atoms with Gasteiger partial charge in [-0.05, 0) is 59.1 Å². The summed E-state index contributed by atoms with van der Waals surface area (Å²) in [5.41, 5.74) is 0.952. The SMILES string of the molecule is CCc1ccc(C(C(=O)NC(C)C)N(CC#N)C(=O)C(C)NC(=O)OC(C)(C)C)cc1. The molecule has 2 N–H and O–H groups in total. The molecule has 0 aliphatic carbocycles. The van der Waals surface area contributed by atoms with Crippen LogP contribution < -0.4 is 10.6 Å². The molecule has 0 spiro atoms. The highest BCUT2D eigenvalue weighted by Crippen LogP contribution is 2.23. The molecule has 0 heterocycles. The first kappa shape index (κ1) is 26.0. The lowest BCUT2D eigenvalue weighted by Crippen LogP contribution is -2.52. The Balaban J connectivity index is 3.24. The quantitative estimate of drug-likeness (QED) is 0.616. The van der Waals surface area contributed by atoms with Gasteiger partial charge in [-0.2, -0.15) is 5.26 Å². The summed E-state index contributed by atoms with van der Waals surface area (Å²) in [6.07, 6.45) is 0.0848. The lowest BCUT2D eigenvalue weighted by Gasteiger charge is -2.32. The summed E-state index contributed by atoms with van der Waals surface area (Å²) in [6, 6.07) is 7.15. The first-order valence-corrected chi connectivity index (χ1v) is 10.5. The van der Waals surface area contributed by atoms with Crippen LogP contribution in [0, 0.1) is 11.3 Å². The van der Waals surface area contributed by atoms with Crippen LogP contribution >= 0.6 is 0 Å². The van der Waals surface area contributed by atoms with Crippen molar-refractivity contribution in [3.63, 3.8) is 0 Å². The van der Waals surface area contributed by atoms with E-state index in [1.54, 1.807) is 32.9 Å². The van der Waals surface area contributed by atoms with Crippen LogP contribution in [0.15, 0.2) is 24.3 Å². The smallest absolute Gasteiger partial charge is 0.408 e. The zero-order valence-corrected chi connectivity index (χ0v) is 19.5. The Labute approximate surface area is 184 Å². The number of rotatable bonds is 8. The van der Waals surface area contributed by atoms with E-state index in [1.165, 1.54) is 11.8 Å². The van der Waals surface area contributed by atoms with Crippen molar-refractivity contribution in [2.24, 2.45) is 0 Å². The van der Waals surface area contributed by atoms with Gasteiger partial charge in [0, 0.05) is 6.04 Å². The molecule has 2 atom stereocenters. The molecule has 1 aromatic rings. The second kappa shape index (κ2) is 11.3. The normalized spacial score (nSPS) is 13.0. The standard InChI is InChI=1S/C23H34N4O4/c1-8-17-9-11-18(12-10-17)19(20(28)25-15(2)3)27(14-13-24)21(29)16(4)26-22(30)31-23(5,6)7/h9-12,15-16,19H,8,14H2,1-7H3,(H,25,28)(H,26,30). The number of aryl methyl sites for hydroxylation is 1. The van der Waals surface area contributed by atoms with Crippen molar-refractivity contribution in [2.45, 2.75) is 78.6 Å². The van der Waals surface area contributed by atoms with Gasteiger partial charge < -0.3 is 20.3 Å². The number of ether oxygens (including phenoxy) is 1. The fraction of sp³-hybridized carbons (Fsp3) is 0.565. The van der Waals surface area contributed by atoms with Gasteiger partial charge in [-0.3, -0.25) is 9.59 Å². The number of carbonyl (C=O) groups excluding carboxylic acids is 3. The minimum atomic E-state index is -1.01. The van der Waals surface area contributed by atoms with E-state index in [0.717, 1.165) is 12.0 Å². The molecule has 0 fully saturated rings. The number of nitriles is 1. The number of nitrogens with one attached hydrogen (secondary N) is 2. The van der Waals surface area contributed by atoms with Crippen molar-refractivity contribution in [3.05, 3.63) is 35.4 Å². The van der Waals surface area contributed by atoms with E-state index >= 15 is 0 Å². The summed E-state index contributed by atoms with van der Waals surface area (Å²) in [7, 11) is 0. The number of hydrogen-bond donors (Lipinski definition) is 2. The van der Waals surface area contributed by atoms with Crippen LogP contribution in [0.25, 0.3) is 0 Å². The Morgan fingerprint density at radius 2 is 1.68 bits per heavy atom. The maximum atomic E-state index is 13.2. The largest absolute Gasteiger partial charge is 0.444 e. The number of nitrogens with zero attached hydrogens (tertiary/aromatic N) is 2. The molecule has 8 nitrogen and oxygen atoms in total. The van der Waals surface area contributed by atoms with Crippen LogP contribution in [0.5, 0.6) is 0 Å². The maximum Gasteiger partial charge on any atom is 0.408 e. The molecule has 0 radical (unpaired) electrons. The summed E-state index contributed by atoms with van der Waals surface area (Å²) in [5.74, 6) is -0.955. The number of benzene rings is 1. The average molecular weight is 431 g/mol. The van der Waals surface area contributed by atoms with E-state index in [0.29, 0.717) is 5.56 Å². The lowest BCUT2D eigenvalue weighted by molar-refractivity contribution is -0.141. The highest BCUT2D eigenvalue weighted by molar-refractivity contribution is 5.92. The summed E-state index contributed by atoms with van der Waals surface area (Å²) in [5, 5.41) is 14.7. The number of carbonyl (C=O) groups is 3. The molecule has 2 unspecified atom stereocenters. The van der Waals surface area contributed by atoms with Crippen molar-refractivity contribution in [2.75, 3.05) is 6.54 Å². The van der Waals surface area contributed by atoms with E-state index in [2.05, 4.69) is 10.6 Å². The molecule has 8 heteroatoms. The number of alkyl carbamates (subject to hydrolysis) is 1. The zero-order chi connectivity index (χ0) is 23.8. The molecule has 31 heavy (non-hydrogen) atoms. The van der Waals surface area contributed by atoms with Crippen LogP contribution in [0.3, 0.4) is 0 Å². The third-order valence-corrected chi connectivity index (χ3v) is 4.32. The van der Waals surface area contributed by atoms with E-state index in [-0.39, 0.29) is 12.6 Å². The highest BCUT2D eigenvalue weighted by atomic mass is 16.6. The lowest BCUT2D eigenvalue weighted by atomic mass is 10.0. The van der Waals surface area contributed by atoms with E-state index in [4.69, 9.17) is 4.74 Å². The van der Waals surface area contributed by atoms with Crippen LogP contribution in [0.4, 0.5) is 4.79 Å². The maximum absolute atomic E-state index is 13.2. The number of hydrogen-bond acceptors (Lipinski definition) is 5. The minimum absolute atomic E-state index is 0.152. The van der Waals surface area contributed by atoms with Crippen LogP contribution in [0.2, 0.25) is 0 Å².